The van der Waals surface area contributed by atoms with E-state index in [0.29, 0.717) is 19.3 Å². The minimum absolute atomic E-state index is 0.0823. The fourth-order valence-electron chi connectivity index (χ4n) is 10.4. The van der Waals surface area contributed by atoms with Crippen LogP contribution in [-0.4, -0.2) is 95.9 Å². The minimum Gasteiger partial charge on any atom is -0.463 e. The molecule has 4 N–H and O–H groups in total. The number of carbonyl (C=O) groups is 3. The van der Waals surface area contributed by atoms with Crippen LogP contribution < -0.4 is 0 Å². The highest BCUT2D eigenvalue weighted by atomic mass is 31.2. The van der Waals surface area contributed by atoms with Crippen LogP contribution in [0.5, 0.6) is 0 Å². The van der Waals surface area contributed by atoms with E-state index < -0.39 is 91.5 Å². The maximum atomic E-state index is 13.0. The van der Waals surface area contributed by atoms with E-state index in [2.05, 4.69) is 203 Å². The molecule has 0 aromatic heterocycles. The summed E-state index contributed by atoms with van der Waals surface area (Å²) in [5, 5.41) is 20.7. The second-order valence-electron chi connectivity index (χ2n) is 26.8. The Morgan fingerprint density at radius 3 is 0.785 bits per heavy atom. The summed E-state index contributed by atoms with van der Waals surface area (Å²) in [6.45, 7) is 2.38. The molecule has 107 heavy (non-hydrogen) atoms. The smallest absolute Gasteiger partial charge is 0.463 e. The lowest BCUT2D eigenvalue weighted by Gasteiger charge is -2.21. The molecule has 0 rings (SSSR count). The highest BCUT2D eigenvalue weighted by Gasteiger charge is 2.29. The van der Waals surface area contributed by atoms with Crippen molar-refractivity contribution < 1.29 is 75.8 Å². The number of esters is 3. The fourth-order valence-corrected chi connectivity index (χ4v) is 12.0. The molecule has 0 saturated carbocycles. The van der Waals surface area contributed by atoms with Gasteiger partial charge in [0.25, 0.3) is 0 Å². The van der Waals surface area contributed by atoms with Gasteiger partial charge < -0.3 is 34.2 Å². The lowest BCUT2D eigenvalue weighted by atomic mass is 10.1. The molecule has 0 aromatic rings. The summed E-state index contributed by atoms with van der Waals surface area (Å²) < 4.78 is 61.3. The standard InChI is InChI=1S/C89H146O16P2/c1-4-7-10-13-16-19-22-25-28-31-34-37-40-41-44-46-48-51-54-57-60-63-66-69-72-75-87(92)99-78-84(90)79-101-106(95,96)102-80-85(91)81-103-107(97,98)104-83-86(105-89(94)77-74-71-68-65-62-59-56-53-50-47-43-39-36-33-30-27-24-21-18-15-12-9-6-3)82-100-88(93)76-73-70-67-64-61-58-55-52-49-45-42-38-35-32-29-26-23-20-17-14-11-8-5-2/h7-8,10-11,16-21,25-30,34-39,41,44-45,47-51,84-86,90-91H,4-6,9,12-15,22-24,31-33,40,42-43,46,52-83H2,1-3H3,(H,95,96)(H,97,98)/b10-7-,11-8-,19-16-,20-17-,21-18-,28-25-,29-26-,30-27-,37-34-,38-35-,39-36-,44-41-,49-45-,50-47-,51-48-. The number of phosphoric ester groups is 2. The maximum absolute atomic E-state index is 13.0. The van der Waals surface area contributed by atoms with Crippen LogP contribution in [-0.2, 0) is 55.8 Å². The number of hydrogen-bond donors (Lipinski definition) is 4. The molecule has 0 amide bonds. The normalized spacial score (nSPS) is 14.9. The van der Waals surface area contributed by atoms with Crippen LogP contribution in [0.3, 0.4) is 0 Å². The summed E-state index contributed by atoms with van der Waals surface area (Å²) in [6, 6.07) is 0. The molecule has 0 aromatic carbocycles. The van der Waals surface area contributed by atoms with Crippen molar-refractivity contribution in [3.8, 4) is 0 Å². The number of aliphatic hydroxyl groups excluding tert-OH is 2. The lowest BCUT2D eigenvalue weighted by molar-refractivity contribution is -0.161. The van der Waals surface area contributed by atoms with Crippen molar-refractivity contribution in [3.05, 3.63) is 182 Å². The average molecular weight is 1530 g/mol. The van der Waals surface area contributed by atoms with E-state index in [1.165, 1.54) is 25.7 Å². The summed E-state index contributed by atoms with van der Waals surface area (Å²) in [6.07, 6.45) is 103. The van der Waals surface area contributed by atoms with Gasteiger partial charge in [-0.05, 0) is 161 Å². The van der Waals surface area contributed by atoms with Crippen molar-refractivity contribution in [1.82, 2.24) is 0 Å². The van der Waals surface area contributed by atoms with Gasteiger partial charge in [-0.15, -0.1) is 0 Å². The van der Waals surface area contributed by atoms with E-state index in [0.717, 1.165) is 218 Å². The maximum Gasteiger partial charge on any atom is 0.472 e. The number of allylic oxidation sites excluding steroid dienone is 30. The number of phosphoric acid groups is 2. The number of ether oxygens (including phenoxy) is 3. The number of carbonyl (C=O) groups excluding carboxylic acids is 3. The van der Waals surface area contributed by atoms with Crippen LogP contribution in [0, 0.1) is 0 Å². The second kappa shape index (κ2) is 80.2. The van der Waals surface area contributed by atoms with Gasteiger partial charge in [0, 0.05) is 19.3 Å². The first-order valence-corrected chi connectivity index (χ1v) is 44.1. The highest BCUT2D eigenvalue weighted by molar-refractivity contribution is 7.47. The second-order valence-corrected chi connectivity index (χ2v) is 29.7. The molecular weight excluding hydrogens is 1390 g/mol. The molecule has 0 bridgehead atoms. The van der Waals surface area contributed by atoms with Gasteiger partial charge in [0.05, 0.1) is 26.4 Å². The Balaban J connectivity index is 4.75. The molecule has 0 aliphatic rings. The van der Waals surface area contributed by atoms with Crippen LogP contribution in [0.4, 0.5) is 0 Å². The monoisotopic (exact) mass is 1530 g/mol. The van der Waals surface area contributed by atoms with Crippen molar-refractivity contribution in [3.63, 3.8) is 0 Å². The molecule has 18 heteroatoms. The van der Waals surface area contributed by atoms with E-state index in [-0.39, 0.29) is 19.3 Å². The van der Waals surface area contributed by atoms with E-state index in [9.17, 15) is 43.5 Å². The third-order valence-corrected chi connectivity index (χ3v) is 18.5. The predicted octanol–water partition coefficient (Wildman–Crippen LogP) is 24.5. The van der Waals surface area contributed by atoms with E-state index in [1.807, 2.05) is 0 Å². The van der Waals surface area contributed by atoms with Crippen molar-refractivity contribution in [1.29, 1.82) is 0 Å². The van der Waals surface area contributed by atoms with Crippen LogP contribution in [0.15, 0.2) is 182 Å². The van der Waals surface area contributed by atoms with E-state index >= 15 is 0 Å². The number of hydrogen-bond acceptors (Lipinski definition) is 14. The first-order chi connectivity index (χ1) is 52.2. The fraction of sp³-hybridized carbons (Fsp3) is 0.629. The van der Waals surface area contributed by atoms with Gasteiger partial charge in [-0.3, -0.25) is 32.5 Å². The third-order valence-electron chi connectivity index (χ3n) is 16.6. The molecule has 5 unspecified atom stereocenters. The van der Waals surface area contributed by atoms with Gasteiger partial charge in [0.15, 0.2) is 6.10 Å². The third kappa shape index (κ3) is 81.5. The molecule has 0 saturated heterocycles. The first kappa shape index (κ1) is 102. The van der Waals surface area contributed by atoms with Crippen molar-refractivity contribution in [2.75, 3.05) is 39.6 Å². The Morgan fingerprint density at radius 2 is 0.495 bits per heavy atom. The Hall–Kier alpha value is -5.35. The van der Waals surface area contributed by atoms with Gasteiger partial charge in [0.2, 0.25) is 0 Å². The predicted molar refractivity (Wildman–Crippen MR) is 445 cm³/mol. The molecule has 0 aliphatic carbocycles. The van der Waals surface area contributed by atoms with Crippen molar-refractivity contribution in [2.24, 2.45) is 0 Å². The highest BCUT2D eigenvalue weighted by Crippen LogP contribution is 2.45. The van der Waals surface area contributed by atoms with Crippen molar-refractivity contribution >= 4 is 33.6 Å². The number of aliphatic hydroxyl groups is 2. The summed E-state index contributed by atoms with van der Waals surface area (Å²) in [5.41, 5.74) is 0. The Labute approximate surface area is 649 Å². The molecule has 0 spiro atoms. The molecule has 0 aliphatic heterocycles. The van der Waals surface area contributed by atoms with Crippen LogP contribution in [0.2, 0.25) is 0 Å². The SMILES string of the molecule is CC/C=C\C/C=C\C/C=C\C/C=C\C/C=C\C/C=C\CCCCCCCCC(=O)OCC(O)COP(=O)(O)OCC(O)COP(=O)(O)OCC(COC(=O)CCCCCCCCC/C=C\C/C=C\C/C=C\C/C=C\C/C=C\CC)OC(=O)CCCCCCCCC/C=C\C/C=C\C/C=C\C/C=C\CCCCC. The first-order valence-electron chi connectivity index (χ1n) is 41.1. The Bertz CT molecular complexity index is 2670. The molecule has 0 heterocycles. The average Bonchev–Trinajstić information content (AvgIpc) is 0.903. The van der Waals surface area contributed by atoms with Crippen molar-refractivity contribution in [2.45, 2.75) is 322 Å². The zero-order valence-corrected chi connectivity index (χ0v) is 68.3. The van der Waals surface area contributed by atoms with E-state index in [1.54, 1.807) is 0 Å². The van der Waals surface area contributed by atoms with E-state index in [4.69, 9.17) is 32.3 Å². The summed E-state index contributed by atoms with van der Waals surface area (Å²) in [7, 11) is -9.82. The minimum atomic E-state index is -4.95. The lowest BCUT2D eigenvalue weighted by Crippen LogP contribution is -2.30. The zero-order chi connectivity index (χ0) is 78.0. The summed E-state index contributed by atoms with van der Waals surface area (Å²) in [4.78, 5) is 58.8. The Kier molecular flexibility index (Phi) is 76.2. The topological polar surface area (TPSA) is 231 Å². The van der Waals surface area contributed by atoms with Gasteiger partial charge in [-0.1, -0.05) is 306 Å². The van der Waals surface area contributed by atoms with Gasteiger partial charge >= 0.3 is 33.6 Å². The van der Waals surface area contributed by atoms with Crippen LogP contribution in [0.25, 0.3) is 0 Å². The number of rotatable bonds is 76. The van der Waals surface area contributed by atoms with Crippen LogP contribution >= 0.6 is 15.6 Å². The summed E-state index contributed by atoms with van der Waals surface area (Å²) in [5.74, 6) is -1.62. The number of unbranched alkanes of at least 4 members (excludes halogenated alkanes) is 23. The molecular formula is C89H146O16P2. The Morgan fingerprint density at radius 1 is 0.271 bits per heavy atom. The van der Waals surface area contributed by atoms with Crippen LogP contribution in [0.1, 0.15) is 303 Å². The van der Waals surface area contributed by atoms with Gasteiger partial charge in [-0.25, -0.2) is 9.13 Å². The molecule has 0 radical (unpaired) electrons. The largest absolute Gasteiger partial charge is 0.472 e. The molecule has 0 fully saturated rings. The zero-order valence-electron chi connectivity index (χ0n) is 66.5. The molecule has 5 atom stereocenters. The van der Waals surface area contributed by atoms with Gasteiger partial charge in [0.1, 0.15) is 25.4 Å². The quantitative estimate of drug-likeness (QED) is 0.0146. The van der Waals surface area contributed by atoms with Gasteiger partial charge in [-0.2, -0.15) is 0 Å². The summed E-state index contributed by atoms with van der Waals surface area (Å²) >= 11 is 0. The molecule has 608 valence electrons. The molecule has 16 nitrogen and oxygen atoms in total.